The van der Waals surface area contributed by atoms with Gasteiger partial charge in [-0.15, -0.1) is 0 Å². The predicted octanol–water partition coefficient (Wildman–Crippen LogP) is 2.01. The van der Waals surface area contributed by atoms with Crippen LogP contribution >= 0.6 is 0 Å². The summed E-state index contributed by atoms with van der Waals surface area (Å²) in [6.45, 7) is 10.4. The molecule has 0 radical (unpaired) electrons. The Bertz CT molecular complexity index is 583. The molecule has 1 aliphatic rings. The molecule has 0 spiro atoms. The number of furan rings is 1. The van der Waals surface area contributed by atoms with Crippen LogP contribution in [0, 0.1) is 0 Å². The number of hydrogen-bond donors (Lipinski definition) is 1. The van der Waals surface area contributed by atoms with Gasteiger partial charge in [0.25, 0.3) is 0 Å². The largest absolute Gasteiger partial charge is 0.465 e. The summed E-state index contributed by atoms with van der Waals surface area (Å²) in [5, 5.41) is 3.11. The molecule has 1 N–H and O–H groups in total. The third kappa shape index (κ3) is 6.08. The lowest BCUT2D eigenvalue weighted by Crippen LogP contribution is -2.53. The summed E-state index contributed by atoms with van der Waals surface area (Å²) >= 11 is 0. The van der Waals surface area contributed by atoms with E-state index in [1.807, 2.05) is 39.8 Å². The summed E-state index contributed by atoms with van der Waals surface area (Å²) in [6, 6.07) is 3.88. The Morgan fingerprint density at radius 3 is 2.28 bits per heavy atom. The van der Waals surface area contributed by atoms with E-state index in [9.17, 15) is 9.59 Å². The summed E-state index contributed by atoms with van der Waals surface area (Å²) in [6.07, 6.45) is 0.545. The van der Waals surface area contributed by atoms with Crippen molar-refractivity contribution in [1.29, 1.82) is 0 Å². The molecule has 140 valence electrons. The first kappa shape index (κ1) is 19.3. The minimum Gasteiger partial charge on any atom is -0.465 e. The van der Waals surface area contributed by atoms with Crippen molar-refractivity contribution < 1.29 is 18.7 Å². The first-order chi connectivity index (χ1) is 11.8. The van der Waals surface area contributed by atoms with Gasteiger partial charge in [0.15, 0.2) is 0 Å². The second-order valence-electron chi connectivity index (χ2n) is 7.17. The van der Waals surface area contributed by atoms with Crippen molar-refractivity contribution in [2.45, 2.75) is 46.3 Å². The van der Waals surface area contributed by atoms with Gasteiger partial charge < -0.3 is 24.3 Å². The predicted molar refractivity (Wildman–Crippen MR) is 94.2 cm³/mol. The van der Waals surface area contributed by atoms with E-state index in [0.29, 0.717) is 32.7 Å². The zero-order valence-corrected chi connectivity index (χ0v) is 15.6. The minimum atomic E-state index is -0.503. The number of nitrogens with zero attached hydrogens (tertiary/aromatic N) is 2. The van der Waals surface area contributed by atoms with Crippen LogP contribution in [0.4, 0.5) is 4.79 Å². The monoisotopic (exact) mass is 351 g/mol. The highest BCUT2D eigenvalue weighted by molar-refractivity contribution is 5.78. The molecule has 2 rings (SSSR count). The molecule has 0 aromatic carbocycles. The summed E-state index contributed by atoms with van der Waals surface area (Å²) in [4.78, 5) is 27.7. The Morgan fingerprint density at radius 2 is 1.72 bits per heavy atom. The number of piperazine rings is 1. The van der Waals surface area contributed by atoms with E-state index in [0.717, 1.165) is 17.9 Å². The van der Waals surface area contributed by atoms with Crippen LogP contribution in [0.5, 0.6) is 0 Å². The van der Waals surface area contributed by atoms with Gasteiger partial charge in [0, 0.05) is 32.6 Å². The number of amides is 2. The molecule has 1 fully saturated rings. The number of aryl methyl sites for hydroxylation is 1. The lowest BCUT2D eigenvalue weighted by Gasteiger charge is -2.35. The number of rotatable bonds is 5. The summed E-state index contributed by atoms with van der Waals surface area (Å²) in [7, 11) is 0. The van der Waals surface area contributed by atoms with Crippen molar-refractivity contribution in [1.82, 2.24) is 15.1 Å². The van der Waals surface area contributed by atoms with Gasteiger partial charge >= 0.3 is 6.09 Å². The molecule has 0 atom stereocenters. The maximum Gasteiger partial charge on any atom is 0.410 e. The zero-order valence-electron chi connectivity index (χ0n) is 15.6. The molecule has 0 aliphatic carbocycles. The van der Waals surface area contributed by atoms with Gasteiger partial charge in [-0.3, -0.25) is 4.79 Å². The van der Waals surface area contributed by atoms with Crippen LogP contribution in [0.15, 0.2) is 16.5 Å². The molecule has 0 unspecified atom stereocenters. The molecule has 7 heteroatoms. The molecule has 1 aromatic heterocycles. The number of carbonyl (C=O) groups is 2. The number of ether oxygens (including phenoxy) is 1. The quantitative estimate of drug-likeness (QED) is 0.878. The van der Waals surface area contributed by atoms with Crippen LogP contribution in [-0.2, 0) is 22.5 Å². The molecule has 0 bridgehead atoms. The highest BCUT2D eigenvalue weighted by Crippen LogP contribution is 2.12. The highest BCUT2D eigenvalue weighted by Gasteiger charge is 2.27. The third-order valence-electron chi connectivity index (χ3n) is 3.93. The molecule has 1 aromatic rings. The highest BCUT2D eigenvalue weighted by atomic mass is 16.6. The summed E-state index contributed by atoms with van der Waals surface area (Å²) < 4.78 is 11.0. The third-order valence-corrected chi connectivity index (χ3v) is 3.93. The van der Waals surface area contributed by atoms with Crippen LogP contribution in [0.25, 0.3) is 0 Å². The van der Waals surface area contributed by atoms with E-state index in [1.54, 1.807) is 9.80 Å². The van der Waals surface area contributed by atoms with E-state index in [1.165, 1.54) is 0 Å². The summed E-state index contributed by atoms with van der Waals surface area (Å²) in [5.41, 5.74) is -0.503. The molecule has 1 saturated heterocycles. The molecule has 1 aliphatic heterocycles. The molecule has 0 saturated carbocycles. The fraction of sp³-hybridized carbons (Fsp3) is 0.667. The van der Waals surface area contributed by atoms with Crippen molar-refractivity contribution in [3.8, 4) is 0 Å². The Morgan fingerprint density at radius 1 is 1.12 bits per heavy atom. The molecule has 2 heterocycles. The molecule has 25 heavy (non-hydrogen) atoms. The van der Waals surface area contributed by atoms with Gasteiger partial charge in [-0.05, 0) is 32.9 Å². The van der Waals surface area contributed by atoms with E-state index in [-0.39, 0.29) is 18.5 Å². The van der Waals surface area contributed by atoms with Gasteiger partial charge in [0.1, 0.15) is 17.1 Å². The van der Waals surface area contributed by atoms with Crippen molar-refractivity contribution in [2.24, 2.45) is 0 Å². The van der Waals surface area contributed by atoms with Gasteiger partial charge in [-0.25, -0.2) is 4.79 Å². The Hall–Kier alpha value is -2.02. The normalized spacial score (nSPS) is 15.4. The molecular weight excluding hydrogens is 322 g/mol. The molecule has 2 amide bonds. The van der Waals surface area contributed by atoms with Crippen LogP contribution < -0.4 is 5.32 Å². The van der Waals surface area contributed by atoms with Gasteiger partial charge in [-0.1, -0.05) is 6.92 Å². The van der Waals surface area contributed by atoms with Gasteiger partial charge in [-0.2, -0.15) is 0 Å². The Balaban J connectivity index is 1.69. The standard InChI is InChI=1S/C18H29N3O4/c1-5-14-6-7-15(24-14)12-19-13-16(22)20-8-10-21(11-9-20)17(23)25-18(2,3)4/h6-7,19H,5,8-13H2,1-4H3. The Kier molecular flexibility index (Phi) is 6.47. The average molecular weight is 351 g/mol. The van der Waals surface area contributed by atoms with Crippen molar-refractivity contribution in [2.75, 3.05) is 32.7 Å². The first-order valence-corrected chi connectivity index (χ1v) is 8.82. The average Bonchev–Trinajstić information content (AvgIpc) is 3.01. The fourth-order valence-corrected chi connectivity index (χ4v) is 2.58. The smallest absolute Gasteiger partial charge is 0.410 e. The maximum atomic E-state index is 12.3. The van der Waals surface area contributed by atoms with E-state index < -0.39 is 5.60 Å². The zero-order chi connectivity index (χ0) is 18.4. The van der Waals surface area contributed by atoms with Crippen LogP contribution in [0.2, 0.25) is 0 Å². The summed E-state index contributed by atoms with van der Waals surface area (Å²) in [5.74, 6) is 1.81. The molecular formula is C18H29N3O4. The topological polar surface area (TPSA) is 75.0 Å². The van der Waals surface area contributed by atoms with Crippen molar-refractivity contribution >= 4 is 12.0 Å². The van der Waals surface area contributed by atoms with Crippen LogP contribution in [0.3, 0.4) is 0 Å². The number of nitrogens with one attached hydrogen (secondary N) is 1. The second kappa shape index (κ2) is 8.38. The lowest BCUT2D eigenvalue weighted by atomic mass is 10.2. The fourth-order valence-electron chi connectivity index (χ4n) is 2.58. The van der Waals surface area contributed by atoms with Gasteiger partial charge in [0.2, 0.25) is 5.91 Å². The minimum absolute atomic E-state index is 0.0334. The number of hydrogen-bond acceptors (Lipinski definition) is 5. The first-order valence-electron chi connectivity index (χ1n) is 8.82. The second-order valence-corrected chi connectivity index (χ2v) is 7.17. The number of carbonyl (C=O) groups excluding carboxylic acids is 2. The Labute approximate surface area is 149 Å². The molecule has 7 nitrogen and oxygen atoms in total. The van der Waals surface area contributed by atoms with Crippen LogP contribution in [0.1, 0.15) is 39.2 Å². The van der Waals surface area contributed by atoms with Gasteiger partial charge in [0.05, 0.1) is 13.1 Å². The van der Waals surface area contributed by atoms with Crippen LogP contribution in [-0.4, -0.2) is 60.1 Å². The van der Waals surface area contributed by atoms with E-state index in [2.05, 4.69) is 5.32 Å². The lowest BCUT2D eigenvalue weighted by molar-refractivity contribution is -0.132. The van der Waals surface area contributed by atoms with Crippen molar-refractivity contribution in [3.05, 3.63) is 23.7 Å². The maximum absolute atomic E-state index is 12.3. The SMILES string of the molecule is CCc1ccc(CNCC(=O)N2CCN(C(=O)OC(C)(C)C)CC2)o1. The van der Waals surface area contributed by atoms with E-state index in [4.69, 9.17) is 9.15 Å². The van der Waals surface area contributed by atoms with Crippen molar-refractivity contribution in [3.63, 3.8) is 0 Å². The van der Waals surface area contributed by atoms with E-state index >= 15 is 0 Å².